The molecule has 4 heteroatoms. The van der Waals surface area contributed by atoms with Gasteiger partial charge in [0.15, 0.2) is 0 Å². The number of aromatic nitrogens is 1. The van der Waals surface area contributed by atoms with Gasteiger partial charge in [-0.25, -0.2) is 4.79 Å². The molecule has 0 N–H and O–H groups in total. The summed E-state index contributed by atoms with van der Waals surface area (Å²) in [6.45, 7) is 3.82. The highest BCUT2D eigenvalue weighted by molar-refractivity contribution is 5.85. The first-order chi connectivity index (χ1) is 9.20. The van der Waals surface area contributed by atoms with Gasteiger partial charge in [0.05, 0.1) is 18.2 Å². The normalized spacial score (nSPS) is 11.4. The van der Waals surface area contributed by atoms with E-state index in [9.17, 15) is 4.79 Å². The fraction of sp³-hybridized carbons (Fsp3) is 0.200. The van der Waals surface area contributed by atoms with Crippen LogP contribution in [0.4, 0.5) is 0 Å². The van der Waals surface area contributed by atoms with Crippen molar-refractivity contribution in [2.45, 2.75) is 13.8 Å². The van der Waals surface area contributed by atoms with E-state index in [0.717, 1.165) is 10.9 Å². The molecule has 4 nitrogen and oxygen atoms in total. The third-order valence-corrected chi connectivity index (χ3v) is 2.48. The zero-order chi connectivity index (χ0) is 13.7. The summed E-state index contributed by atoms with van der Waals surface area (Å²) >= 11 is 0. The minimum absolute atomic E-state index is 0.348. The monoisotopic (exact) mass is 257 g/mol. The van der Waals surface area contributed by atoms with E-state index >= 15 is 0 Å². The maximum atomic E-state index is 11.3. The van der Waals surface area contributed by atoms with Crippen LogP contribution in [0, 0.1) is 0 Å². The highest BCUT2D eigenvalue weighted by Crippen LogP contribution is 2.25. The maximum absolute atomic E-state index is 11.3. The SMILES string of the molecule is CCOC(=O)C=C(C)Oc1cccc2ncccc12. The van der Waals surface area contributed by atoms with Gasteiger partial charge in [-0.2, -0.15) is 0 Å². The Bertz CT molecular complexity index is 614. The van der Waals surface area contributed by atoms with Crippen LogP contribution in [0.3, 0.4) is 0 Å². The minimum atomic E-state index is -0.404. The van der Waals surface area contributed by atoms with Gasteiger partial charge in [0, 0.05) is 11.6 Å². The molecule has 0 bridgehead atoms. The summed E-state index contributed by atoms with van der Waals surface area (Å²) in [5, 5.41) is 0.904. The van der Waals surface area contributed by atoms with Crippen LogP contribution in [-0.4, -0.2) is 17.6 Å². The van der Waals surface area contributed by atoms with Crippen LogP contribution in [-0.2, 0) is 9.53 Å². The molecule has 0 atom stereocenters. The third-order valence-electron chi connectivity index (χ3n) is 2.48. The Kier molecular flexibility index (Phi) is 4.13. The standard InChI is InChI=1S/C15H15NO3/c1-3-18-15(17)10-11(2)19-14-8-4-7-13-12(14)6-5-9-16-13/h4-10H,3H2,1-2H3. The second kappa shape index (κ2) is 6.00. The Balaban J connectivity index is 2.24. The number of benzene rings is 1. The number of carbonyl (C=O) groups is 1. The van der Waals surface area contributed by atoms with E-state index in [1.54, 1.807) is 20.0 Å². The van der Waals surface area contributed by atoms with Gasteiger partial charge in [0.2, 0.25) is 0 Å². The quantitative estimate of drug-likeness (QED) is 0.480. The lowest BCUT2D eigenvalue weighted by molar-refractivity contribution is -0.137. The third kappa shape index (κ3) is 3.31. The molecular weight excluding hydrogens is 242 g/mol. The zero-order valence-corrected chi connectivity index (χ0v) is 10.9. The Hall–Kier alpha value is -2.36. The molecule has 2 aromatic rings. The second-order valence-corrected chi connectivity index (χ2v) is 3.94. The van der Waals surface area contributed by atoms with E-state index < -0.39 is 5.97 Å². The lowest BCUT2D eigenvalue weighted by Gasteiger charge is -2.08. The first-order valence-corrected chi connectivity index (χ1v) is 6.07. The number of fused-ring (bicyclic) bond motifs is 1. The summed E-state index contributed by atoms with van der Waals surface area (Å²) in [6, 6.07) is 9.39. The molecule has 0 spiro atoms. The topological polar surface area (TPSA) is 48.4 Å². The molecule has 0 unspecified atom stereocenters. The smallest absolute Gasteiger partial charge is 0.334 e. The number of ether oxygens (including phenoxy) is 2. The van der Waals surface area contributed by atoms with E-state index in [1.807, 2.05) is 30.3 Å². The molecule has 2 rings (SSSR count). The van der Waals surface area contributed by atoms with Crippen molar-refractivity contribution in [2.75, 3.05) is 6.61 Å². The molecule has 98 valence electrons. The van der Waals surface area contributed by atoms with Gasteiger partial charge < -0.3 is 9.47 Å². The number of pyridine rings is 1. The van der Waals surface area contributed by atoms with Crippen LogP contribution in [0.2, 0.25) is 0 Å². The van der Waals surface area contributed by atoms with Gasteiger partial charge in [-0.15, -0.1) is 0 Å². The minimum Gasteiger partial charge on any atom is -0.463 e. The molecule has 19 heavy (non-hydrogen) atoms. The predicted octanol–water partition coefficient (Wildman–Crippen LogP) is 3.08. The van der Waals surface area contributed by atoms with Gasteiger partial charge in [-0.3, -0.25) is 4.98 Å². The molecular formula is C15H15NO3. The molecule has 1 aromatic carbocycles. The number of rotatable bonds is 4. The van der Waals surface area contributed by atoms with Crippen molar-refractivity contribution in [2.24, 2.45) is 0 Å². The van der Waals surface area contributed by atoms with Gasteiger partial charge in [-0.1, -0.05) is 6.07 Å². The van der Waals surface area contributed by atoms with Crippen LogP contribution in [0.5, 0.6) is 5.75 Å². The van der Waals surface area contributed by atoms with Crippen LogP contribution in [0.25, 0.3) is 10.9 Å². The first kappa shape index (κ1) is 13.1. The Labute approximate surface area is 111 Å². The van der Waals surface area contributed by atoms with Crippen LogP contribution in [0.15, 0.2) is 48.4 Å². The van der Waals surface area contributed by atoms with Gasteiger partial charge in [-0.05, 0) is 38.1 Å². The Morgan fingerprint density at radius 3 is 2.95 bits per heavy atom. The number of esters is 1. The fourth-order valence-corrected chi connectivity index (χ4v) is 1.72. The lowest BCUT2D eigenvalue weighted by atomic mass is 10.2. The van der Waals surface area contributed by atoms with E-state index in [0.29, 0.717) is 18.1 Å². The maximum Gasteiger partial charge on any atom is 0.334 e. The summed E-state index contributed by atoms with van der Waals surface area (Å²) in [7, 11) is 0. The summed E-state index contributed by atoms with van der Waals surface area (Å²) in [5.74, 6) is 0.747. The van der Waals surface area contributed by atoms with Crippen LogP contribution >= 0.6 is 0 Å². The molecule has 0 amide bonds. The molecule has 1 aromatic heterocycles. The molecule has 1 heterocycles. The Morgan fingerprint density at radius 2 is 2.16 bits per heavy atom. The van der Waals surface area contributed by atoms with E-state index in [4.69, 9.17) is 9.47 Å². The van der Waals surface area contributed by atoms with Crippen molar-refractivity contribution in [3.8, 4) is 5.75 Å². The largest absolute Gasteiger partial charge is 0.463 e. The number of nitrogens with zero attached hydrogens (tertiary/aromatic N) is 1. The molecule has 0 aliphatic heterocycles. The van der Waals surface area contributed by atoms with E-state index in [1.165, 1.54) is 6.08 Å². The van der Waals surface area contributed by atoms with Gasteiger partial charge in [0.25, 0.3) is 0 Å². The second-order valence-electron chi connectivity index (χ2n) is 3.94. The van der Waals surface area contributed by atoms with E-state index in [2.05, 4.69) is 4.98 Å². The number of hydrogen-bond donors (Lipinski definition) is 0. The summed E-state index contributed by atoms with van der Waals surface area (Å²) in [4.78, 5) is 15.6. The van der Waals surface area contributed by atoms with Crippen molar-refractivity contribution >= 4 is 16.9 Å². The average Bonchev–Trinajstić information content (AvgIpc) is 2.39. The predicted molar refractivity (Wildman–Crippen MR) is 72.8 cm³/mol. The highest BCUT2D eigenvalue weighted by Gasteiger charge is 2.04. The van der Waals surface area contributed by atoms with Crippen molar-refractivity contribution in [1.82, 2.24) is 4.98 Å². The molecule has 0 radical (unpaired) electrons. The average molecular weight is 257 g/mol. The molecule has 0 saturated heterocycles. The zero-order valence-electron chi connectivity index (χ0n) is 10.9. The van der Waals surface area contributed by atoms with Crippen LogP contribution in [0.1, 0.15) is 13.8 Å². The number of carbonyl (C=O) groups excluding carboxylic acids is 1. The summed E-state index contributed by atoms with van der Waals surface area (Å²) in [5.41, 5.74) is 0.851. The number of hydrogen-bond acceptors (Lipinski definition) is 4. The summed E-state index contributed by atoms with van der Waals surface area (Å²) in [6.07, 6.45) is 3.06. The molecule has 0 fully saturated rings. The fourth-order valence-electron chi connectivity index (χ4n) is 1.72. The molecule has 0 aliphatic carbocycles. The van der Waals surface area contributed by atoms with Crippen molar-refractivity contribution in [1.29, 1.82) is 0 Å². The van der Waals surface area contributed by atoms with E-state index in [-0.39, 0.29) is 0 Å². The highest BCUT2D eigenvalue weighted by atomic mass is 16.5. The summed E-state index contributed by atoms with van der Waals surface area (Å²) < 4.78 is 10.5. The van der Waals surface area contributed by atoms with Crippen molar-refractivity contribution in [3.63, 3.8) is 0 Å². The van der Waals surface area contributed by atoms with Gasteiger partial charge >= 0.3 is 5.97 Å². The van der Waals surface area contributed by atoms with Crippen molar-refractivity contribution in [3.05, 3.63) is 48.4 Å². The Morgan fingerprint density at radius 1 is 1.32 bits per heavy atom. The van der Waals surface area contributed by atoms with Crippen LogP contribution < -0.4 is 4.74 Å². The lowest BCUT2D eigenvalue weighted by Crippen LogP contribution is -2.03. The van der Waals surface area contributed by atoms with Crippen molar-refractivity contribution < 1.29 is 14.3 Å². The molecule has 0 aliphatic rings. The first-order valence-electron chi connectivity index (χ1n) is 6.07. The van der Waals surface area contributed by atoms with Gasteiger partial charge in [0.1, 0.15) is 11.5 Å². The molecule has 0 saturated carbocycles. The number of allylic oxidation sites excluding steroid dienone is 1.